The van der Waals surface area contributed by atoms with Crippen molar-refractivity contribution in [1.29, 1.82) is 0 Å². The lowest BCUT2D eigenvalue weighted by molar-refractivity contribution is 0.0516. The van der Waals surface area contributed by atoms with E-state index in [1.54, 1.807) is 11.9 Å². The van der Waals surface area contributed by atoms with Gasteiger partial charge < -0.3 is 29.0 Å². The standard InChI is InChI=1S/C26H35N5O4/c1-8-33-21-14-18-19(15-22(21)35-16(2)3)28-25(29-23(18)27-7)31-12-11-30(17(4)26(31,5)6)24(32)20-10-9-13-34-20/h9-10,13-17H,8,11-12H2,1-7H3,(H,27,28,29)/i9D,10D,13D. The molecule has 1 atom stereocenters. The van der Waals surface area contributed by atoms with E-state index in [9.17, 15) is 4.79 Å². The number of amides is 1. The zero-order valence-electron chi connectivity index (χ0n) is 24.4. The molecule has 2 aromatic heterocycles. The molecular formula is C26H35N5O4. The predicted octanol–water partition coefficient (Wildman–Crippen LogP) is 4.58. The van der Waals surface area contributed by atoms with Crippen LogP contribution < -0.4 is 19.7 Å². The van der Waals surface area contributed by atoms with Crippen molar-refractivity contribution in [2.75, 3.05) is 37.0 Å². The fourth-order valence-electron chi connectivity index (χ4n) is 4.39. The summed E-state index contributed by atoms with van der Waals surface area (Å²) >= 11 is 0. The van der Waals surface area contributed by atoms with Crippen molar-refractivity contribution in [2.45, 2.75) is 59.2 Å². The van der Waals surface area contributed by atoms with Gasteiger partial charge in [0.25, 0.3) is 5.91 Å². The van der Waals surface area contributed by atoms with E-state index in [0.29, 0.717) is 48.5 Å². The van der Waals surface area contributed by atoms with Crippen molar-refractivity contribution in [3.63, 3.8) is 0 Å². The minimum Gasteiger partial charge on any atom is -0.490 e. The molecule has 1 aliphatic rings. The van der Waals surface area contributed by atoms with Crippen LogP contribution in [0.25, 0.3) is 10.9 Å². The molecular weight excluding hydrogens is 446 g/mol. The third-order valence-corrected chi connectivity index (χ3v) is 6.48. The van der Waals surface area contributed by atoms with E-state index < -0.39 is 23.7 Å². The van der Waals surface area contributed by atoms with Crippen LogP contribution in [0, 0.1) is 0 Å². The number of nitrogens with one attached hydrogen (secondary N) is 1. The number of ether oxygens (including phenoxy) is 2. The van der Waals surface area contributed by atoms with E-state index in [4.69, 9.17) is 28.0 Å². The quantitative estimate of drug-likeness (QED) is 0.521. The van der Waals surface area contributed by atoms with Crippen LogP contribution in [0.1, 0.15) is 56.2 Å². The van der Waals surface area contributed by atoms with Gasteiger partial charge in [-0.15, -0.1) is 0 Å². The lowest BCUT2D eigenvalue weighted by Gasteiger charge is -2.51. The molecule has 1 aromatic carbocycles. The molecule has 188 valence electrons. The molecule has 1 aliphatic heterocycles. The minimum absolute atomic E-state index is 0.0437. The number of rotatable bonds is 7. The maximum atomic E-state index is 13.3. The minimum atomic E-state index is -0.600. The molecule has 0 saturated carbocycles. The summed E-state index contributed by atoms with van der Waals surface area (Å²) < 4.78 is 40.4. The zero-order valence-corrected chi connectivity index (χ0v) is 21.4. The van der Waals surface area contributed by atoms with Crippen molar-refractivity contribution in [1.82, 2.24) is 14.9 Å². The Morgan fingerprint density at radius 1 is 1.31 bits per heavy atom. The van der Waals surface area contributed by atoms with Crippen LogP contribution in [0.4, 0.5) is 11.8 Å². The first kappa shape index (κ1) is 20.8. The highest BCUT2D eigenvalue weighted by Crippen LogP contribution is 2.38. The van der Waals surface area contributed by atoms with Crippen molar-refractivity contribution >= 4 is 28.6 Å². The van der Waals surface area contributed by atoms with Gasteiger partial charge in [0.1, 0.15) is 7.19 Å². The second-order valence-corrected chi connectivity index (χ2v) is 9.30. The molecule has 1 unspecified atom stereocenters. The average molecular weight is 485 g/mol. The van der Waals surface area contributed by atoms with Crippen molar-refractivity contribution in [2.24, 2.45) is 0 Å². The summed E-state index contributed by atoms with van der Waals surface area (Å²) in [5.41, 5.74) is 0.0955. The van der Waals surface area contributed by atoms with Gasteiger partial charge >= 0.3 is 0 Å². The molecule has 3 heterocycles. The molecule has 3 aromatic rings. The third kappa shape index (κ3) is 4.59. The van der Waals surface area contributed by atoms with Crippen molar-refractivity contribution < 1.29 is 22.8 Å². The van der Waals surface area contributed by atoms with Crippen LogP contribution in [-0.4, -0.2) is 65.2 Å². The summed E-state index contributed by atoms with van der Waals surface area (Å²) in [5.74, 6) is 1.60. The van der Waals surface area contributed by atoms with Crippen molar-refractivity contribution in [3.05, 3.63) is 36.2 Å². The van der Waals surface area contributed by atoms with Gasteiger partial charge in [0.05, 0.1) is 38.8 Å². The highest BCUT2D eigenvalue weighted by atomic mass is 16.5. The van der Waals surface area contributed by atoms with E-state index >= 15 is 0 Å². The Bertz CT molecular complexity index is 1360. The third-order valence-electron chi connectivity index (χ3n) is 6.48. The van der Waals surface area contributed by atoms with Gasteiger partial charge in [-0.05, 0) is 59.7 Å². The molecule has 1 fully saturated rings. The molecule has 9 heteroatoms. The molecule has 35 heavy (non-hydrogen) atoms. The Balaban J connectivity index is 1.72. The van der Waals surface area contributed by atoms with Gasteiger partial charge in [-0.1, -0.05) is 0 Å². The number of furan rings is 1. The fraction of sp³-hybridized carbons (Fsp3) is 0.500. The lowest BCUT2D eigenvalue weighted by Crippen LogP contribution is -2.66. The number of anilines is 2. The first-order valence-corrected chi connectivity index (χ1v) is 11.9. The van der Waals surface area contributed by atoms with Gasteiger partial charge in [-0.25, -0.2) is 4.98 Å². The first-order valence-electron chi connectivity index (χ1n) is 13.4. The summed E-state index contributed by atoms with van der Waals surface area (Å²) in [6, 6.07) is 2.67. The second kappa shape index (κ2) is 9.64. The van der Waals surface area contributed by atoms with Gasteiger partial charge in [0.15, 0.2) is 17.3 Å². The topological polar surface area (TPSA) is 93.0 Å². The summed E-state index contributed by atoms with van der Waals surface area (Å²) in [6.07, 6.45) is -0.529. The van der Waals surface area contributed by atoms with Crippen molar-refractivity contribution in [3.8, 4) is 11.5 Å². The molecule has 0 aliphatic carbocycles. The maximum Gasteiger partial charge on any atom is 0.289 e. The second-order valence-electron chi connectivity index (χ2n) is 9.30. The largest absolute Gasteiger partial charge is 0.490 e. The number of nitrogens with zero attached hydrogens (tertiary/aromatic N) is 4. The van der Waals surface area contributed by atoms with E-state index in [2.05, 4.69) is 10.2 Å². The number of hydrogen-bond donors (Lipinski definition) is 1. The Kier molecular flexibility index (Phi) is 5.74. The van der Waals surface area contributed by atoms with Crippen LogP contribution in [-0.2, 0) is 0 Å². The molecule has 1 amide bonds. The van der Waals surface area contributed by atoms with Crippen LogP contribution in [0.3, 0.4) is 0 Å². The SMILES string of the molecule is [2H]c1oc(C(=O)N2CCN(c3nc(NC)c4cc(OCC)c(OC(C)C)cc4n3)C(C)(C)C2C)c([2H])c1[2H]. The van der Waals surface area contributed by atoms with E-state index in [-0.39, 0.29) is 23.9 Å². The number of carbonyl (C=O) groups excluding carboxylic acids is 1. The molecule has 0 spiro atoms. The number of aromatic nitrogens is 2. The fourth-order valence-corrected chi connectivity index (χ4v) is 4.39. The number of benzene rings is 1. The van der Waals surface area contributed by atoms with Gasteiger partial charge in [-0.3, -0.25) is 4.79 Å². The monoisotopic (exact) mass is 484 g/mol. The summed E-state index contributed by atoms with van der Waals surface area (Å²) in [6.45, 7) is 13.0. The zero-order chi connectivity index (χ0) is 27.9. The summed E-state index contributed by atoms with van der Waals surface area (Å²) in [4.78, 5) is 26.7. The molecule has 0 radical (unpaired) electrons. The highest BCUT2D eigenvalue weighted by molar-refractivity contribution is 5.93. The number of piperazine rings is 1. The van der Waals surface area contributed by atoms with Crippen LogP contribution in [0.15, 0.2) is 34.9 Å². The molecule has 4 rings (SSSR count). The first-order chi connectivity index (χ1) is 17.9. The molecule has 1 saturated heterocycles. The highest BCUT2D eigenvalue weighted by Gasteiger charge is 2.44. The Morgan fingerprint density at radius 3 is 2.71 bits per heavy atom. The van der Waals surface area contributed by atoms with Gasteiger partial charge in [0, 0.05) is 31.6 Å². The van der Waals surface area contributed by atoms with E-state index in [0.717, 1.165) is 5.39 Å². The lowest BCUT2D eigenvalue weighted by atomic mass is 9.89. The smallest absolute Gasteiger partial charge is 0.289 e. The van der Waals surface area contributed by atoms with Gasteiger partial charge in [0.2, 0.25) is 5.95 Å². The molecule has 0 bridgehead atoms. The normalized spacial score (nSPS) is 18.9. The maximum absolute atomic E-state index is 13.3. The van der Waals surface area contributed by atoms with Crippen LogP contribution >= 0.6 is 0 Å². The summed E-state index contributed by atoms with van der Waals surface area (Å²) in [5, 5.41) is 3.97. The Hall–Kier alpha value is -3.49. The van der Waals surface area contributed by atoms with Crippen LogP contribution in [0.5, 0.6) is 11.5 Å². The van der Waals surface area contributed by atoms with E-state index in [1.807, 2.05) is 53.7 Å². The molecule has 1 N–H and O–H groups in total. The number of fused-ring (bicyclic) bond motifs is 1. The Morgan fingerprint density at radius 2 is 2.09 bits per heavy atom. The average Bonchev–Trinajstić information content (AvgIpc) is 3.12. The molecule has 9 nitrogen and oxygen atoms in total. The number of carbonyl (C=O) groups is 1. The number of hydrogen-bond acceptors (Lipinski definition) is 8. The van der Waals surface area contributed by atoms with Crippen LogP contribution in [0.2, 0.25) is 0 Å². The summed E-state index contributed by atoms with van der Waals surface area (Å²) in [7, 11) is 1.80. The Labute approximate surface area is 210 Å². The van der Waals surface area contributed by atoms with Gasteiger partial charge in [-0.2, -0.15) is 4.98 Å². The van der Waals surface area contributed by atoms with E-state index in [1.165, 1.54) is 0 Å². The predicted molar refractivity (Wildman–Crippen MR) is 137 cm³/mol.